The lowest BCUT2D eigenvalue weighted by molar-refractivity contribution is -0.134. The van der Waals surface area contributed by atoms with Crippen LogP contribution < -0.4 is 0 Å². The summed E-state index contributed by atoms with van der Waals surface area (Å²) >= 11 is 3.47. The second kappa shape index (κ2) is 6.04. The summed E-state index contributed by atoms with van der Waals surface area (Å²) in [6, 6.07) is 0.546. The summed E-state index contributed by atoms with van der Waals surface area (Å²) in [5.74, 6) is 1.11. The Morgan fingerprint density at radius 3 is 2.31 bits per heavy atom. The molecule has 0 saturated heterocycles. The fraction of sp³-hybridized carbons (Fsp3) is 0.923. The summed E-state index contributed by atoms with van der Waals surface area (Å²) in [6.07, 6.45) is 9.76. The molecular weight excluding hydrogens is 266 g/mol. The van der Waals surface area contributed by atoms with E-state index in [0.717, 1.165) is 18.3 Å². The zero-order valence-electron chi connectivity index (χ0n) is 9.96. The number of halogens is 1. The van der Waals surface area contributed by atoms with E-state index in [2.05, 4.69) is 20.8 Å². The highest BCUT2D eigenvalue weighted by Gasteiger charge is 2.29. The molecule has 92 valence electrons. The van der Waals surface area contributed by atoms with Crippen molar-refractivity contribution in [3.05, 3.63) is 0 Å². The van der Waals surface area contributed by atoms with E-state index in [0.29, 0.717) is 17.9 Å². The second-order valence-corrected chi connectivity index (χ2v) is 6.01. The Balaban J connectivity index is 1.85. The Labute approximate surface area is 107 Å². The molecule has 0 N–H and O–H groups in total. The van der Waals surface area contributed by atoms with Crippen LogP contribution in [0.3, 0.4) is 0 Å². The van der Waals surface area contributed by atoms with Crippen LogP contribution in [0.15, 0.2) is 0 Å². The summed E-state index contributed by atoms with van der Waals surface area (Å²) < 4.78 is 0. The second-order valence-electron chi connectivity index (χ2n) is 5.22. The molecule has 0 aromatic carbocycles. The van der Waals surface area contributed by atoms with Crippen LogP contribution in [0.1, 0.15) is 51.4 Å². The first-order valence-corrected chi connectivity index (χ1v) is 7.79. The minimum absolute atomic E-state index is 0.413. The van der Waals surface area contributed by atoms with E-state index < -0.39 is 0 Å². The first kappa shape index (κ1) is 12.4. The van der Waals surface area contributed by atoms with Gasteiger partial charge in [-0.1, -0.05) is 35.2 Å². The van der Waals surface area contributed by atoms with Gasteiger partial charge in [0.25, 0.3) is 0 Å². The molecule has 3 heteroatoms. The van der Waals surface area contributed by atoms with Gasteiger partial charge >= 0.3 is 0 Å². The molecule has 0 spiro atoms. The van der Waals surface area contributed by atoms with E-state index in [1.807, 2.05) is 0 Å². The Hall–Kier alpha value is -0.0500. The Kier molecular flexibility index (Phi) is 4.68. The van der Waals surface area contributed by atoms with Gasteiger partial charge in [-0.3, -0.25) is 4.79 Å². The number of amides is 1. The molecule has 0 bridgehead atoms. The average Bonchev–Trinajstić information content (AvgIpc) is 2.72. The van der Waals surface area contributed by atoms with Crippen LogP contribution in [0.25, 0.3) is 0 Å². The molecule has 0 atom stereocenters. The van der Waals surface area contributed by atoms with Crippen LogP contribution in [0.4, 0.5) is 0 Å². The molecule has 0 aromatic rings. The van der Waals surface area contributed by atoms with Crippen LogP contribution in [-0.2, 0) is 4.79 Å². The van der Waals surface area contributed by atoms with Gasteiger partial charge in [0.15, 0.2) is 0 Å². The van der Waals surface area contributed by atoms with Crippen molar-refractivity contribution < 1.29 is 4.79 Å². The van der Waals surface area contributed by atoms with Crippen molar-refractivity contribution in [2.75, 3.05) is 11.9 Å². The van der Waals surface area contributed by atoms with Gasteiger partial charge in [0.1, 0.15) is 0 Å². The van der Waals surface area contributed by atoms with Gasteiger partial charge in [0.2, 0.25) is 5.91 Å². The number of alkyl halides is 1. The van der Waals surface area contributed by atoms with E-state index in [1.54, 1.807) is 0 Å². The summed E-state index contributed by atoms with van der Waals surface area (Å²) in [5, 5.41) is 0.917. The highest BCUT2D eigenvalue weighted by molar-refractivity contribution is 9.09. The summed E-state index contributed by atoms with van der Waals surface area (Å²) in [6.45, 7) is 0.899. The van der Waals surface area contributed by atoms with E-state index >= 15 is 0 Å². The topological polar surface area (TPSA) is 20.3 Å². The quantitative estimate of drug-likeness (QED) is 0.710. The van der Waals surface area contributed by atoms with Crippen LogP contribution in [0, 0.1) is 5.92 Å². The number of nitrogens with zero attached hydrogens (tertiary/aromatic N) is 1. The van der Waals surface area contributed by atoms with Crippen molar-refractivity contribution in [2.45, 2.75) is 57.4 Å². The zero-order chi connectivity index (χ0) is 11.4. The molecule has 0 radical (unpaired) electrons. The fourth-order valence-electron chi connectivity index (χ4n) is 2.88. The standard InChI is InChI=1S/C13H22BrNO/c14-8-9-15(12-6-1-2-7-12)13(16)10-11-4-3-5-11/h11-12H,1-10H2. The summed E-state index contributed by atoms with van der Waals surface area (Å²) in [4.78, 5) is 14.4. The minimum atomic E-state index is 0.413. The number of hydrogen-bond acceptors (Lipinski definition) is 1. The minimum Gasteiger partial charge on any atom is -0.339 e. The third-order valence-electron chi connectivity index (χ3n) is 4.10. The molecule has 2 saturated carbocycles. The molecule has 0 aromatic heterocycles. The van der Waals surface area contributed by atoms with Gasteiger partial charge in [0, 0.05) is 24.3 Å². The van der Waals surface area contributed by atoms with Gasteiger partial charge in [-0.05, 0) is 31.6 Å². The molecule has 0 unspecified atom stereocenters. The van der Waals surface area contributed by atoms with Crippen molar-refractivity contribution in [3.63, 3.8) is 0 Å². The first-order chi connectivity index (χ1) is 7.81. The monoisotopic (exact) mass is 287 g/mol. The maximum Gasteiger partial charge on any atom is 0.223 e. The third kappa shape index (κ3) is 2.99. The molecule has 0 heterocycles. The predicted octanol–water partition coefficient (Wildman–Crippen LogP) is 3.34. The van der Waals surface area contributed by atoms with Crippen LogP contribution >= 0.6 is 15.9 Å². The molecule has 1 amide bonds. The van der Waals surface area contributed by atoms with E-state index in [1.165, 1.54) is 44.9 Å². The molecule has 2 aliphatic rings. The highest BCUT2D eigenvalue weighted by atomic mass is 79.9. The number of rotatable bonds is 5. The van der Waals surface area contributed by atoms with E-state index in [9.17, 15) is 4.79 Å². The van der Waals surface area contributed by atoms with Crippen molar-refractivity contribution >= 4 is 21.8 Å². The highest BCUT2D eigenvalue weighted by Crippen LogP contribution is 2.31. The average molecular weight is 288 g/mol. The van der Waals surface area contributed by atoms with Crippen LogP contribution in [0.2, 0.25) is 0 Å². The van der Waals surface area contributed by atoms with Gasteiger partial charge in [-0.25, -0.2) is 0 Å². The van der Waals surface area contributed by atoms with Crippen molar-refractivity contribution in [1.82, 2.24) is 4.90 Å². The molecule has 2 nitrogen and oxygen atoms in total. The van der Waals surface area contributed by atoms with Crippen molar-refractivity contribution in [1.29, 1.82) is 0 Å². The van der Waals surface area contributed by atoms with Crippen LogP contribution in [0.5, 0.6) is 0 Å². The number of carbonyl (C=O) groups excluding carboxylic acids is 1. The van der Waals surface area contributed by atoms with E-state index in [4.69, 9.17) is 0 Å². The maximum absolute atomic E-state index is 12.2. The third-order valence-corrected chi connectivity index (χ3v) is 4.45. The Morgan fingerprint density at radius 2 is 1.81 bits per heavy atom. The summed E-state index contributed by atoms with van der Waals surface area (Å²) in [7, 11) is 0. The fourth-order valence-corrected chi connectivity index (χ4v) is 3.26. The molecule has 16 heavy (non-hydrogen) atoms. The number of hydrogen-bond donors (Lipinski definition) is 0. The molecular formula is C13H22BrNO. The lowest BCUT2D eigenvalue weighted by Crippen LogP contribution is -2.41. The van der Waals surface area contributed by atoms with Gasteiger partial charge in [0.05, 0.1) is 0 Å². The Morgan fingerprint density at radius 1 is 1.12 bits per heavy atom. The zero-order valence-corrected chi connectivity index (χ0v) is 11.5. The van der Waals surface area contributed by atoms with Crippen molar-refractivity contribution in [3.8, 4) is 0 Å². The molecule has 2 aliphatic carbocycles. The van der Waals surface area contributed by atoms with Gasteiger partial charge in [-0.15, -0.1) is 0 Å². The van der Waals surface area contributed by atoms with E-state index in [-0.39, 0.29) is 0 Å². The summed E-state index contributed by atoms with van der Waals surface area (Å²) in [5.41, 5.74) is 0. The Bertz CT molecular complexity index is 234. The lowest BCUT2D eigenvalue weighted by Gasteiger charge is -2.32. The normalized spacial score (nSPS) is 22.1. The van der Waals surface area contributed by atoms with Crippen molar-refractivity contribution in [2.24, 2.45) is 5.92 Å². The molecule has 2 fully saturated rings. The van der Waals surface area contributed by atoms with Gasteiger partial charge in [-0.2, -0.15) is 0 Å². The maximum atomic E-state index is 12.2. The lowest BCUT2D eigenvalue weighted by atomic mass is 9.82. The molecule has 2 rings (SSSR count). The largest absolute Gasteiger partial charge is 0.339 e. The SMILES string of the molecule is O=C(CC1CCC1)N(CCBr)C1CCCC1. The molecule has 0 aliphatic heterocycles. The first-order valence-electron chi connectivity index (χ1n) is 6.66. The predicted molar refractivity (Wildman–Crippen MR) is 69.7 cm³/mol. The van der Waals surface area contributed by atoms with Crippen LogP contribution in [-0.4, -0.2) is 28.7 Å². The smallest absolute Gasteiger partial charge is 0.223 e. The number of carbonyl (C=O) groups is 1. The van der Waals surface area contributed by atoms with Gasteiger partial charge < -0.3 is 4.90 Å².